The number of amides is 2. The van der Waals surface area contributed by atoms with Crippen molar-refractivity contribution in [1.29, 1.82) is 0 Å². The summed E-state index contributed by atoms with van der Waals surface area (Å²) in [5.74, 6) is -0.567. The molecule has 0 spiro atoms. The van der Waals surface area contributed by atoms with Gasteiger partial charge in [-0.2, -0.15) is 0 Å². The van der Waals surface area contributed by atoms with Gasteiger partial charge in [0.05, 0.1) is 23.4 Å². The van der Waals surface area contributed by atoms with Gasteiger partial charge in [-0.3, -0.25) is 14.6 Å². The first-order chi connectivity index (χ1) is 20.0. The summed E-state index contributed by atoms with van der Waals surface area (Å²) in [7, 11) is 0. The van der Waals surface area contributed by atoms with Crippen molar-refractivity contribution >= 4 is 28.4 Å². The molecule has 0 aliphatic carbocycles. The van der Waals surface area contributed by atoms with E-state index in [0.717, 1.165) is 42.3 Å². The number of aromatic nitrogens is 1. The average molecular weight is 568 g/mol. The maximum Gasteiger partial charge on any atom is 0.247 e. The number of nitrogens with two attached hydrogens (primary N) is 2. The van der Waals surface area contributed by atoms with Crippen LogP contribution >= 0.6 is 0 Å². The van der Waals surface area contributed by atoms with E-state index in [1.54, 1.807) is 6.20 Å². The number of anilines is 1. The van der Waals surface area contributed by atoms with Gasteiger partial charge >= 0.3 is 0 Å². The molecule has 0 aliphatic rings. The number of carbonyl (C=O) groups is 2. The molecule has 7 nitrogen and oxygen atoms in total. The first-order valence-corrected chi connectivity index (χ1v) is 15.4. The molecule has 2 aromatic carbocycles. The minimum absolute atomic E-state index is 0.274. The maximum atomic E-state index is 13.0. The normalized spacial score (nSPS) is 10.9. The molecule has 230 valence electrons. The molecule has 3 aromatic rings. The molecule has 1 heterocycles. The predicted octanol–water partition coefficient (Wildman–Crippen LogP) is 7.24. The van der Waals surface area contributed by atoms with Crippen molar-refractivity contribution in [2.45, 2.75) is 106 Å². The van der Waals surface area contributed by atoms with Crippen LogP contribution in [0.2, 0.25) is 0 Å². The van der Waals surface area contributed by atoms with Crippen LogP contribution in [-0.2, 0) is 16.0 Å². The minimum Gasteiger partial charge on any atom is -0.343 e. The molecule has 0 saturated heterocycles. The van der Waals surface area contributed by atoms with Gasteiger partial charge in [-0.1, -0.05) is 117 Å². The molecule has 0 bridgehead atoms. The first-order valence-electron chi connectivity index (χ1n) is 15.4. The van der Waals surface area contributed by atoms with Crippen LogP contribution in [0.4, 0.5) is 5.69 Å². The lowest BCUT2D eigenvalue weighted by Gasteiger charge is -2.21. The lowest BCUT2D eigenvalue weighted by atomic mass is 10.0. The summed E-state index contributed by atoms with van der Waals surface area (Å²) in [6.07, 6.45) is 6.31. The van der Waals surface area contributed by atoms with Crippen molar-refractivity contribution in [1.82, 2.24) is 10.3 Å². The van der Waals surface area contributed by atoms with Gasteiger partial charge < -0.3 is 22.1 Å². The number of nitrogens with zero attached hydrogens (tertiary/aromatic N) is 1. The van der Waals surface area contributed by atoms with E-state index in [9.17, 15) is 9.59 Å². The van der Waals surface area contributed by atoms with Gasteiger partial charge in [0, 0.05) is 5.39 Å². The summed E-state index contributed by atoms with van der Waals surface area (Å²) in [5.41, 5.74) is 13.6. The number of benzene rings is 2. The van der Waals surface area contributed by atoms with Gasteiger partial charge in [-0.05, 0) is 49.9 Å². The lowest BCUT2D eigenvalue weighted by Crippen LogP contribution is -2.50. The number of aryl methyl sites for hydroxylation is 1. The Morgan fingerprint density at radius 3 is 2.00 bits per heavy atom. The molecule has 7 heteroatoms. The number of para-hydroxylation sites is 1. The third kappa shape index (κ3) is 17.2. The molecule has 0 saturated carbocycles. The van der Waals surface area contributed by atoms with Crippen LogP contribution in [0.3, 0.4) is 0 Å². The molecule has 6 N–H and O–H groups in total. The molecule has 1 unspecified atom stereocenters. The van der Waals surface area contributed by atoms with Crippen molar-refractivity contribution in [3.63, 3.8) is 0 Å². The van der Waals surface area contributed by atoms with E-state index in [1.807, 2.05) is 102 Å². The Bertz CT molecular complexity index is 1040. The van der Waals surface area contributed by atoms with Crippen molar-refractivity contribution in [2.24, 2.45) is 11.5 Å². The molecule has 0 radical (unpaired) electrons. The number of carbonyl (C=O) groups excluding carboxylic acids is 2. The van der Waals surface area contributed by atoms with Crippen molar-refractivity contribution in [2.75, 3.05) is 11.9 Å². The summed E-state index contributed by atoms with van der Waals surface area (Å²) in [5, 5.41) is 6.69. The van der Waals surface area contributed by atoms with Gasteiger partial charge in [-0.15, -0.1) is 0 Å². The zero-order valence-corrected chi connectivity index (χ0v) is 26.9. The Labute approximate surface area is 249 Å². The second-order valence-electron chi connectivity index (χ2n) is 8.53. The van der Waals surface area contributed by atoms with Crippen LogP contribution < -0.4 is 22.1 Å². The molecule has 0 fully saturated rings. The molecule has 0 aliphatic heterocycles. The average Bonchev–Trinajstić information content (AvgIpc) is 3.05. The molecule has 2 atom stereocenters. The third-order valence-corrected chi connectivity index (χ3v) is 5.55. The fourth-order valence-electron chi connectivity index (χ4n) is 3.43. The molecule has 1 aromatic heterocycles. The van der Waals surface area contributed by atoms with Gasteiger partial charge in [-0.25, -0.2) is 0 Å². The smallest absolute Gasteiger partial charge is 0.247 e. The number of fused-ring (bicyclic) bond motifs is 1. The van der Waals surface area contributed by atoms with Crippen LogP contribution in [0.1, 0.15) is 93.1 Å². The summed E-state index contributed by atoms with van der Waals surface area (Å²) in [6, 6.07) is 18.2. The number of hydrogen-bond acceptors (Lipinski definition) is 5. The maximum absolute atomic E-state index is 13.0. The standard InChI is InChI=1S/C25H30N4O2.C3H9N.3C2H6/c1-2-3-12-21(26)24(30)29-23(15-14-18-9-5-4-6-10-18)25(31)28-20-16-19-11-7-8-13-22(19)27-17-20;1-2-3-4;3*1-2/h4-11,13,16-17,21,23H,2-3,12,14-15,26H2,1H3,(H,28,31)(H,29,30);2-4H2,1H3;3*1-2H3/t21?,23-;;;;/m1..../s1. The topological polar surface area (TPSA) is 123 Å². The summed E-state index contributed by atoms with van der Waals surface area (Å²) < 4.78 is 0. The van der Waals surface area contributed by atoms with Gasteiger partial charge in [0.15, 0.2) is 0 Å². The van der Waals surface area contributed by atoms with Crippen molar-refractivity contribution in [3.05, 3.63) is 72.4 Å². The van der Waals surface area contributed by atoms with Crippen LogP contribution in [0.15, 0.2) is 66.9 Å². The van der Waals surface area contributed by atoms with Crippen molar-refractivity contribution in [3.8, 4) is 0 Å². The zero-order chi connectivity index (χ0) is 31.5. The van der Waals surface area contributed by atoms with Crippen LogP contribution in [-0.4, -0.2) is 35.4 Å². The number of unbranched alkanes of at least 4 members (excludes halogenated alkanes) is 1. The van der Waals surface area contributed by atoms with E-state index in [2.05, 4.69) is 29.5 Å². The summed E-state index contributed by atoms with van der Waals surface area (Å²) in [6.45, 7) is 16.9. The summed E-state index contributed by atoms with van der Waals surface area (Å²) in [4.78, 5) is 30.0. The highest BCUT2D eigenvalue weighted by Crippen LogP contribution is 2.17. The quantitative estimate of drug-likeness (QED) is 0.194. The Hall–Kier alpha value is -3.29. The molecule has 41 heavy (non-hydrogen) atoms. The molecular weight excluding hydrogens is 510 g/mol. The van der Waals surface area contributed by atoms with Gasteiger partial charge in [0.2, 0.25) is 11.8 Å². The highest BCUT2D eigenvalue weighted by atomic mass is 16.2. The Kier molecular flexibility index (Phi) is 26.2. The van der Waals surface area contributed by atoms with E-state index in [0.29, 0.717) is 24.9 Å². The van der Waals surface area contributed by atoms with Gasteiger partial charge in [0.25, 0.3) is 0 Å². The number of nitrogens with one attached hydrogen (secondary N) is 2. The second-order valence-corrected chi connectivity index (χ2v) is 8.53. The number of pyridine rings is 1. The molecular formula is C34H57N5O2. The SMILES string of the molecule is CC.CC.CC.CCCCC(N)C(=O)N[C@H](CCc1ccccc1)C(=O)Nc1cnc2ccccc2c1.CCCN. The lowest BCUT2D eigenvalue weighted by molar-refractivity contribution is -0.127. The van der Waals surface area contributed by atoms with Crippen LogP contribution in [0, 0.1) is 0 Å². The van der Waals surface area contributed by atoms with E-state index in [1.165, 1.54) is 0 Å². The van der Waals surface area contributed by atoms with Crippen LogP contribution in [0.25, 0.3) is 10.9 Å². The molecule has 3 rings (SSSR count). The van der Waals surface area contributed by atoms with E-state index >= 15 is 0 Å². The van der Waals surface area contributed by atoms with E-state index in [-0.39, 0.29) is 11.8 Å². The number of hydrogen-bond donors (Lipinski definition) is 4. The Morgan fingerprint density at radius 2 is 1.41 bits per heavy atom. The van der Waals surface area contributed by atoms with E-state index < -0.39 is 12.1 Å². The monoisotopic (exact) mass is 567 g/mol. The van der Waals surface area contributed by atoms with Crippen LogP contribution in [0.5, 0.6) is 0 Å². The minimum atomic E-state index is -0.688. The van der Waals surface area contributed by atoms with E-state index in [4.69, 9.17) is 11.5 Å². The Balaban J connectivity index is 0. The fraction of sp³-hybridized carbons (Fsp3) is 0.500. The Morgan fingerprint density at radius 1 is 0.829 bits per heavy atom. The zero-order valence-electron chi connectivity index (χ0n) is 26.9. The second kappa shape index (κ2) is 26.9. The predicted molar refractivity (Wildman–Crippen MR) is 178 cm³/mol. The van der Waals surface area contributed by atoms with Gasteiger partial charge in [0.1, 0.15) is 6.04 Å². The molecule has 2 amide bonds. The number of rotatable bonds is 11. The summed E-state index contributed by atoms with van der Waals surface area (Å²) >= 11 is 0. The largest absolute Gasteiger partial charge is 0.343 e. The highest BCUT2D eigenvalue weighted by Gasteiger charge is 2.24. The van der Waals surface area contributed by atoms with Crippen molar-refractivity contribution < 1.29 is 9.59 Å². The first kappa shape index (κ1) is 39.9. The third-order valence-electron chi connectivity index (χ3n) is 5.55. The fourth-order valence-corrected chi connectivity index (χ4v) is 3.43. The highest BCUT2D eigenvalue weighted by molar-refractivity contribution is 5.98.